The number of hydrogen-bond donors (Lipinski definition) is 1. The van der Waals surface area contributed by atoms with Crippen LogP contribution in [0.4, 0.5) is 5.82 Å². The second kappa shape index (κ2) is 11.1. The van der Waals surface area contributed by atoms with Crippen molar-refractivity contribution < 1.29 is 4.79 Å². The molecule has 1 aromatic carbocycles. The minimum Gasteiger partial charge on any atom is -0.357 e. The molecule has 0 aliphatic carbocycles. The van der Waals surface area contributed by atoms with Crippen LogP contribution in [0.3, 0.4) is 0 Å². The third-order valence-electron chi connectivity index (χ3n) is 8.32. The Balaban J connectivity index is 1.43. The van der Waals surface area contributed by atoms with E-state index < -0.39 is 0 Å². The highest BCUT2D eigenvalue weighted by atomic mass is 16.2. The Bertz CT molecular complexity index is 1540. The van der Waals surface area contributed by atoms with Gasteiger partial charge in [-0.05, 0) is 68.4 Å². The van der Waals surface area contributed by atoms with Crippen molar-refractivity contribution in [1.29, 1.82) is 5.26 Å². The highest BCUT2D eigenvalue weighted by molar-refractivity contribution is 5.87. The lowest BCUT2D eigenvalue weighted by molar-refractivity contribution is -0.133. The Hall–Kier alpha value is -4.18. The fourth-order valence-corrected chi connectivity index (χ4v) is 5.69. The molecule has 0 bridgehead atoms. The molecule has 0 spiro atoms. The highest BCUT2D eigenvalue weighted by Gasteiger charge is 2.40. The maximum Gasteiger partial charge on any atom is 0.226 e. The Morgan fingerprint density at radius 3 is 2.30 bits per heavy atom. The fraction of sp³-hybridized carbons (Fsp3) is 0.394. The van der Waals surface area contributed by atoms with Crippen LogP contribution in [0.5, 0.6) is 0 Å². The Morgan fingerprint density at radius 2 is 1.73 bits per heavy atom. The van der Waals surface area contributed by atoms with E-state index in [2.05, 4.69) is 78.6 Å². The Kier molecular flexibility index (Phi) is 7.62. The highest BCUT2D eigenvalue weighted by Crippen LogP contribution is 2.37. The lowest BCUT2D eigenvalue weighted by atomic mass is 9.75. The van der Waals surface area contributed by atoms with Gasteiger partial charge in [0.05, 0.1) is 22.7 Å². The number of fused-ring (bicyclic) bond motifs is 1. The summed E-state index contributed by atoms with van der Waals surface area (Å²) >= 11 is 0. The second-order valence-electron chi connectivity index (χ2n) is 11.5. The summed E-state index contributed by atoms with van der Waals surface area (Å²) in [5, 5.41) is 17.4. The van der Waals surface area contributed by atoms with E-state index in [0.29, 0.717) is 11.5 Å². The third kappa shape index (κ3) is 5.19. The van der Waals surface area contributed by atoms with E-state index >= 15 is 0 Å². The number of aromatic nitrogens is 3. The summed E-state index contributed by atoms with van der Waals surface area (Å²) in [5.74, 6) is 1.55. The molecule has 1 N–H and O–H groups in total. The third-order valence-corrected chi connectivity index (χ3v) is 8.32. The number of carbonyl (C=O) groups excluding carboxylic acids is 1. The molecule has 7 nitrogen and oxygen atoms in total. The molecule has 0 radical (unpaired) electrons. The first kappa shape index (κ1) is 27.4. The Labute approximate surface area is 236 Å². The van der Waals surface area contributed by atoms with E-state index in [1.807, 2.05) is 32.3 Å². The summed E-state index contributed by atoms with van der Waals surface area (Å²) in [5.41, 5.74) is 6.28. The van der Waals surface area contributed by atoms with Gasteiger partial charge in [0, 0.05) is 48.2 Å². The minimum atomic E-state index is -0.310. The van der Waals surface area contributed by atoms with Crippen molar-refractivity contribution >= 4 is 17.2 Å². The van der Waals surface area contributed by atoms with E-state index in [1.54, 1.807) is 10.7 Å². The topological polar surface area (TPSA) is 86.3 Å². The van der Waals surface area contributed by atoms with Gasteiger partial charge in [-0.1, -0.05) is 45.0 Å². The molecular weight excluding hydrogens is 496 g/mol. The number of nitrogens with one attached hydrogen (secondary N) is 1. The molecule has 1 fully saturated rings. The van der Waals surface area contributed by atoms with Gasteiger partial charge in [-0.3, -0.25) is 4.79 Å². The molecule has 1 aliphatic rings. The molecule has 40 heavy (non-hydrogen) atoms. The number of carbonyl (C=O) groups is 1. The average Bonchev–Trinajstić information content (AvgIpc) is 3.40. The van der Waals surface area contributed by atoms with Crippen molar-refractivity contribution in [3.05, 3.63) is 72.2 Å². The van der Waals surface area contributed by atoms with E-state index in [1.165, 1.54) is 5.56 Å². The van der Waals surface area contributed by atoms with Crippen LogP contribution in [0.2, 0.25) is 0 Å². The van der Waals surface area contributed by atoms with E-state index in [9.17, 15) is 10.1 Å². The minimum absolute atomic E-state index is 0.143. The smallest absolute Gasteiger partial charge is 0.226 e. The van der Waals surface area contributed by atoms with Gasteiger partial charge in [-0.2, -0.15) is 10.4 Å². The first-order valence-corrected chi connectivity index (χ1v) is 14.3. The average molecular weight is 535 g/mol. The van der Waals surface area contributed by atoms with Gasteiger partial charge < -0.3 is 10.2 Å². The van der Waals surface area contributed by atoms with Gasteiger partial charge in [0.15, 0.2) is 0 Å². The van der Waals surface area contributed by atoms with Crippen molar-refractivity contribution in [2.24, 2.45) is 5.41 Å². The molecule has 1 aliphatic heterocycles. The largest absolute Gasteiger partial charge is 0.357 e. The van der Waals surface area contributed by atoms with Gasteiger partial charge in [0.1, 0.15) is 11.9 Å². The quantitative estimate of drug-likeness (QED) is 0.289. The van der Waals surface area contributed by atoms with Crippen LogP contribution in [0, 0.1) is 16.7 Å². The number of nitriles is 1. The summed E-state index contributed by atoms with van der Waals surface area (Å²) in [4.78, 5) is 20.0. The zero-order valence-electron chi connectivity index (χ0n) is 24.1. The van der Waals surface area contributed by atoms with Crippen molar-refractivity contribution in [2.45, 2.75) is 65.8 Å². The molecule has 3 aromatic heterocycles. The number of pyridine rings is 2. The van der Waals surface area contributed by atoms with Crippen LogP contribution in [0.25, 0.3) is 27.8 Å². The first-order valence-electron chi connectivity index (χ1n) is 14.3. The number of hydrogen-bond acceptors (Lipinski definition) is 5. The van der Waals surface area contributed by atoms with Crippen LogP contribution in [-0.4, -0.2) is 39.6 Å². The standard InChI is InChI=1S/C33H38N6O/c1-6-33(32(40)37-23(4)5)13-15-38(16-14-33)30-12-11-26(19-35-30)29-17-27(21-39-31(29)28(18-34)20-36-39)25-9-7-24(8-10-25)22(2)3/h7-12,17,19-23H,6,13-16H2,1-5H3,(H,37,40). The molecule has 0 atom stereocenters. The molecule has 5 rings (SSSR count). The van der Waals surface area contributed by atoms with Gasteiger partial charge in [0.2, 0.25) is 5.91 Å². The molecule has 1 saturated heterocycles. The number of benzene rings is 1. The molecule has 4 heterocycles. The number of nitrogens with zero attached hydrogens (tertiary/aromatic N) is 5. The van der Waals surface area contributed by atoms with Gasteiger partial charge in [-0.15, -0.1) is 0 Å². The van der Waals surface area contributed by atoms with Gasteiger partial charge in [0.25, 0.3) is 0 Å². The lowest BCUT2D eigenvalue weighted by Crippen LogP contribution is -2.50. The van der Waals surface area contributed by atoms with E-state index in [-0.39, 0.29) is 17.4 Å². The summed E-state index contributed by atoms with van der Waals surface area (Å²) < 4.78 is 1.80. The number of rotatable bonds is 7. The van der Waals surface area contributed by atoms with Crippen LogP contribution in [0.15, 0.2) is 61.1 Å². The number of anilines is 1. The predicted molar refractivity (Wildman–Crippen MR) is 160 cm³/mol. The SMILES string of the molecule is CCC1(C(=O)NC(C)C)CCN(c2ccc(-c3cc(-c4ccc(C(C)C)cc4)cn4ncc(C#N)c34)cn2)CC1. The first-order chi connectivity index (χ1) is 19.2. The van der Waals surface area contributed by atoms with Crippen molar-refractivity contribution in [2.75, 3.05) is 18.0 Å². The van der Waals surface area contributed by atoms with Crippen LogP contribution >= 0.6 is 0 Å². The maximum atomic E-state index is 12.9. The van der Waals surface area contributed by atoms with Crippen molar-refractivity contribution in [3.63, 3.8) is 0 Å². The maximum absolute atomic E-state index is 12.9. The predicted octanol–water partition coefficient (Wildman–Crippen LogP) is 6.58. The van der Waals surface area contributed by atoms with Gasteiger partial charge >= 0.3 is 0 Å². The van der Waals surface area contributed by atoms with E-state index in [4.69, 9.17) is 4.98 Å². The lowest BCUT2D eigenvalue weighted by Gasteiger charge is -2.41. The van der Waals surface area contributed by atoms with Crippen LogP contribution < -0.4 is 10.2 Å². The zero-order valence-corrected chi connectivity index (χ0v) is 24.1. The zero-order chi connectivity index (χ0) is 28.4. The molecule has 4 aromatic rings. The fourth-order valence-electron chi connectivity index (χ4n) is 5.69. The van der Waals surface area contributed by atoms with E-state index in [0.717, 1.165) is 65.9 Å². The molecular formula is C33H38N6O. The molecule has 0 saturated carbocycles. The normalized spacial score (nSPS) is 15.0. The molecule has 0 unspecified atom stereocenters. The van der Waals surface area contributed by atoms with Crippen LogP contribution in [0.1, 0.15) is 70.9 Å². The molecule has 7 heteroatoms. The molecule has 1 amide bonds. The second-order valence-corrected chi connectivity index (χ2v) is 11.5. The summed E-state index contributed by atoms with van der Waals surface area (Å²) in [6, 6.07) is 17.3. The van der Waals surface area contributed by atoms with Crippen molar-refractivity contribution in [1.82, 2.24) is 19.9 Å². The number of piperidine rings is 1. The van der Waals surface area contributed by atoms with Crippen LogP contribution in [-0.2, 0) is 4.79 Å². The number of amides is 1. The summed E-state index contributed by atoms with van der Waals surface area (Å²) in [6.45, 7) is 12.1. The molecule has 206 valence electrons. The van der Waals surface area contributed by atoms with Crippen molar-refractivity contribution in [3.8, 4) is 28.3 Å². The Morgan fingerprint density at radius 1 is 1.02 bits per heavy atom. The van der Waals surface area contributed by atoms with Gasteiger partial charge in [-0.25, -0.2) is 9.50 Å². The summed E-state index contributed by atoms with van der Waals surface area (Å²) in [7, 11) is 0. The summed E-state index contributed by atoms with van der Waals surface area (Å²) in [6.07, 6.45) is 7.95. The monoisotopic (exact) mass is 534 g/mol.